The molecule has 1 saturated heterocycles. The van der Waals surface area contributed by atoms with Crippen molar-refractivity contribution >= 4 is 11.6 Å². The van der Waals surface area contributed by atoms with E-state index < -0.39 is 0 Å². The van der Waals surface area contributed by atoms with Gasteiger partial charge in [-0.2, -0.15) is 0 Å². The topological polar surface area (TPSA) is 36.4 Å². The molecule has 3 unspecified atom stereocenters. The Kier molecular flexibility index (Phi) is 3.07. The van der Waals surface area contributed by atoms with Crippen LogP contribution >= 0.6 is 11.6 Å². The molecule has 1 saturated carbocycles. The van der Waals surface area contributed by atoms with Crippen molar-refractivity contribution in [2.45, 2.75) is 25.5 Å². The zero-order valence-electron chi connectivity index (χ0n) is 9.72. The van der Waals surface area contributed by atoms with Gasteiger partial charge in [-0.1, -0.05) is 17.7 Å². The molecule has 1 aliphatic heterocycles. The van der Waals surface area contributed by atoms with Crippen LogP contribution in [0.25, 0.3) is 0 Å². The summed E-state index contributed by atoms with van der Waals surface area (Å²) >= 11 is 6.06. The molecule has 4 heteroatoms. The molecule has 1 aromatic heterocycles. The van der Waals surface area contributed by atoms with E-state index in [2.05, 4.69) is 9.88 Å². The van der Waals surface area contributed by atoms with Gasteiger partial charge in [-0.05, 0) is 24.8 Å². The standard InChI is InChI=1S/C13H17ClN2O/c14-13-10(2-1-5-15-13)7-16-6-9-3-4-12(17)11(9)8-16/h1-2,5,9,11-12,17H,3-4,6-8H2. The van der Waals surface area contributed by atoms with E-state index in [0.29, 0.717) is 17.0 Å². The summed E-state index contributed by atoms with van der Waals surface area (Å²) in [5.41, 5.74) is 1.09. The van der Waals surface area contributed by atoms with Gasteiger partial charge in [-0.25, -0.2) is 4.98 Å². The van der Waals surface area contributed by atoms with E-state index in [0.717, 1.165) is 31.6 Å². The van der Waals surface area contributed by atoms with E-state index in [-0.39, 0.29) is 6.10 Å². The van der Waals surface area contributed by atoms with Gasteiger partial charge in [0.15, 0.2) is 0 Å². The number of likely N-dealkylation sites (tertiary alicyclic amines) is 1. The SMILES string of the molecule is OC1CCC2CN(Cc3cccnc3Cl)CC12. The van der Waals surface area contributed by atoms with Gasteiger partial charge in [-0.3, -0.25) is 4.90 Å². The molecule has 2 heterocycles. The maximum Gasteiger partial charge on any atom is 0.133 e. The second-order valence-electron chi connectivity index (χ2n) is 5.22. The summed E-state index contributed by atoms with van der Waals surface area (Å²) < 4.78 is 0. The monoisotopic (exact) mass is 252 g/mol. The number of pyridine rings is 1. The minimum atomic E-state index is -0.0885. The van der Waals surface area contributed by atoms with E-state index in [1.54, 1.807) is 6.20 Å². The molecule has 92 valence electrons. The fraction of sp³-hybridized carbons (Fsp3) is 0.615. The van der Waals surface area contributed by atoms with Crippen LogP contribution in [0.15, 0.2) is 18.3 Å². The first-order valence-electron chi connectivity index (χ1n) is 6.24. The molecule has 2 fully saturated rings. The van der Waals surface area contributed by atoms with Crippen LogP contribution in [-0.2, 0) is 6.54 Å². The van der Waals surface area contributed by atoms with Crippen LogP contribution in [0.3, 0.4) is 0 Å². The normalized spacial score (nSPS) is 32.9. The van der Waals surface area contributed by atoms with Crippen molar-refractivity contribution in [3.8, 4) is 0 Å². The fourth-order valence-corrected chi connectivity index (χ4v) is 3.42. The molecule has 1 aromatic rings. The van der Waals surface area contributed by atoms with Gasteiger partial charge in [0.25, 0.3) is 0 Å². The lowest BCUT2D eigenvalue weighted by Crippen LogP contribution is -2.24. The van der Waals surface area contributed by atoms with Gasteiger partial charge in [0.1, 0.15) is 5.15 Å². The zero-order valence-corrected chi connectivity index (χ0v) is 10.5. The molecule has 0 amide bonds. The highest BCUT2D eigenvalue weighted by Crippen LogP contribution is 2.38. The first kappa shape index (κ1) is 11.5. The van der Waals surface area contributed by atoms with Crippen molar-refractivity contribution in [1.29, 1.82) is 0 Å². The first-order valence-corrected chi connectivity index (χ1v) is 6.61. The number of aliphatic hydroxyl groups is 1. The highest BCUT2D eigenvalue weighted by Gasteiger charge is 2.41. The van der Waals surface area contributed by atoms with Gasteiger partial charge in [-0.15, -0.1) is 0 Å². The Morgan fingerprint density at radius 1 is 1.41 bits per heavy atom. The Labute approximate surface area is 106 Å². The number of hydrogen-bond donors (Lipinski definition) is 1. The van der Waals surface area contributed by atoms with E-state index in [9.17, 15) is 5.11 Å². The van der Waals surface area contributed by atoms with Crippen LogP contribution < -0.4 is 0 Å². The second kappa shape index (κ2) is 4.56. The number of aromatic nitrogens is 1. The largest absolute Gasteiger partial charge is 0.393 e. The maximum atomic E-state index is 9.87. The van der Waals surface area contributed by atoms with Crippen molar-refractivity contribution in [3.63, 3.8) is 0 Å². The highest BCUT2D eigenvalue weighted by atomic mass is 35.5. The average Bonchev–Trinajstić information content (AvgIpc) is 2.85. The molecule has 3 nitrogen and oxygen atoms in total. The predicted molar refractivity (Wildman–Crippen MR) is 66.7 cm³/mol. The van der Waals surface area contributed by atoms with Crippen molar-refractivity contribution in [2.24, 2.45) is 11.8 Å². The molecule has 3 rings (SSSR count). The third-order valence-corrected chi connectivity index (χ3v) is 4.47. The molecule has 0 spiro atoms. The molecule has 0 aromatic carbocycles. The van der Waals surface area contributed by atoms with Crippen molar-refractivity contribution in [1.82, 2.24) is 9.88 Å². The molecule has 1 N–H and O–H groups in total. The lowest BCUT2D eigenvalue weighted by molar-refractivity contribution is 0.123. The zero-order chi connectivity index (χ0) is 11.8. The van der Waals surface area contributed by atoms with Crippen LogP contribution in [-0.4, -0.2) is 34.2 Å². The minimum absolute atomic E-state index is 0.0885. The van der Waals surface area contributed by atoms with Crippen LogP contribution in [0.2, 0.25) is 5.15 Å². The smallest absolute Gasteiger partial charge is 0.133 e. The minimum Gasteiger partial charge on any atom is -0.393 e. The molecule has 2 aliphatic rings. The summed E-state index contributed by atoms with van der Waals surface area (Å²) in [7, 11) is 0. The van der Waals surface area contributed by atoms with Crippen molar-refractivity contribution in [3.05, 3.63) is 29.0 Å². The number of fused-ring (bicyclic) bond motifs is 1. The van der Waals surface area contributed by atoms with Crippen LogP contribution in [0.1, 0.15) is 18.4 Å². The molecular formula is C13H17ClN2O. The van der Waals surface area contributed by atoms with E-state index in [1.807, 2.05) is 12.1 Å². The summed E-state index contributed by atoms with van der Waals surface area (Å²) in [6.45, 7) is 2.94. The average molecular weight is 253 g/mol. The Balaban J connectivity index is 1.67. The Bertz CT molecular complexity index is 412. The highest BCUT2D eigenvalue weighted by molar-refractivity contribution is 6.30. The summed E-state index contributed by atoms with van der Waals surface area (Å²) in [6, 6.07) is 3.95. The first-order chi connectivity index (χ1) is 8.24. The Hall–Kier alpha value is -0.640. The Morgan fingerprint density at radius 2 is 2.29 bits per heavy atom. The van der Waals surface area contributed by atoms with E-state index in [4.69, 9.17) is 11.6 Å². The fourth-order valence-electron chi connectivity index (χ4n) is 3.24. The number of aliphatic hydroxyl groups excluding tert-OH is 1. The van der Waals surface area contributed by atoms with Gasteiger partial charge in [0.05, 0.1) is 6.10 Å². The molecule has 0 bridgehead atoms. The summed E-state index contributed by atoms with van der Waals surface area (Å²) in [4.78, 5) is 6.49. The number of nitrogens with zero attached hydrogens (tertiary/aromatic N) is 2. The number of rotatable bonds is 2. The third kappa shape index (κ3) is 2.19. The second-order valence-corrected chi connectivity index (χ2v) is 5.57. The van der Waals surface area contributed by atoms with Crippen molar-refractivity contribution in [2.75, 3.05) is 13.1 Å². The summed E-state index contributed by atoms with van der Waals surface area (Å²) in [5, 5.41) is 10.5. The molecule has 17 heavy (non-hydrogen) atoms. The van der Waals surface area contributed by atoms with Gasteiger partial charge >= 0.3 is 0 Å². The summed E-state index contributed by atoms with van der Waals surface area (Å²) in [5.74, 6) is 1.16. The molecule has 0 radical (unpaired) electrons. The predicted octanol–water partition coefficient (Wildman–Crippen LogP) is 1.94. The molecule has 3 atom stereocenters. The van der Waals surface area contributed by atoms with Crippen LogP contribution in [0, 0.1) is 11.8 Å². The number of halogens is 1. The van der Waals surface area contributed by atoms with Crippen molar-refractivity contribution < 1.29 is 5.11 Å². The maximum absolute atomic E-state index is 9.87. The summed E-state index contributed by atoms with van der Waals surface area (Å²) in [6.07, 6.45) is 3.78. The van der Waals surface area contributed by atoms with Gasteiger partial charge in [0, 0.05) is 37.3 Å². The molecule has 1 aliphatic carbocycles. The lowest BCUT2D eigenvalue weighted by Gasteiger charge is -2.18. The van der Waals surface area contributed by atoms with E-state index >= 15 is 0 Å². The Morgan fingerprint density at radius 3 is 3.06 bits per heavy atom. The quantitative estimate of drug-likeness (QED) is 0.818. The van der Waals surface area contributed by atoms with Gasteiger partial charge < -0.3 is 5.11 Å². The van der Waals surface area contributed by atoms with Gasteiger partial charge in [0.2, 0.25) is 0 Å². The lowest BCUT2D eigenvalue weighted by atomic mass is 10.00. The molecular weight excluding hydrogens is 236 g/mol. The number of hydrogen-bond acceptors (Lipinski definition) is 3. The van der Waals surface area contributed by atoms with E-state index in [1.165, 1.54) is 6.42 Å². The van der Waals surface area contributed by atoms with Crippen LogP contribution in [0.5, 0.6) is 0 Å². The third-order valence-electron chi connectivity index (χ3n) is 4.12. The van der Waals surface area contributed by atoms with Crippen LogP contribution in [0.4, 0.5) is 0 Å².